The van der Waals surface area contributed by atoms with Gasteiger partial charge in [-0.15, -0.1) is 0 Å². The van der Waals surface area contributed by atoms with Crippen molar-refractivity contribution in [3.05, 3.63) is 42.5 Å². The Balaban J connectivity index is 1.82. The van der Waals surface area contributed by atoms with Crippen LogP contribution in [-0.2, 0) is 9.59 Å². The predicted octanol–water partition coefficient (Wildman–Crippen LogP) is 2.04. The SMILES string of the molecule is COc1ccc(OC)c(NC(=O)[C@H]2Oc3ccccc3NC2=O)c1. The van der Waals surface area contributed by atoms with Gasteiger partial charge >= 0.3 is 0 Å². The number of ether oxygens (including phenoxy) is 3. The van der Waals surface area contributed by atoms with Gasteiger partial charge in [-0.25, -0.2) is 0 Å². The molecule has 0 saturated carbocycles. The Morgan fingerprint density at radius 2 is 1.96 bits per heavy atom. The topological polar surface area (TPSA) is 85.9 Å². The summed E-state index contributed by atoms with van der Waals surface area (Å²) in [6, 6.07) is 11.9. The molecule has 0 saturated heterocycles. The molecule has 2 N–H and O–H groups in total. The monoisotopic (exact) mass is 328 g/mol. The molecule has 1 aliphatic rings. The van der Waals surface area contributed by atoms with Gasteiger partial charge in [-0.1, -0.05) is 12.1 Å². The molecule has 0 spiro atoms. The van der Waals surface area contributed by atoms with Crippen LogP contribution in [0.5, 0.6) is 17.2 Å². The molecule has 2 aromatic rings. The lowest BCUT2D eigenvalue weighted by Gasteiger charge is -2.25. The third-order valence-electron chi connectivity index (χ3n) is 3.53. The van der Waals surface area contributed by atoms with Gasteiger partial charge in [0.05, 0.1) is 25.6 Å². The highest BCUT2D eigenvalue weighted by molar-refractivity contribution is 6.15. The average Bonchev–Trinajstić information content (AvgIpc) is 2.60. The molecule has 124 valence electrons. The number of anilines is 2. The Bertz CT molecular complexity index is 790. The van der Waals surface area contributed by atoms with Gasteiger partial charge in [-0.3, -0.25) is 9.59 Å². The molecule has 2 aromatic carbocycles. The molecule has 0 radical (unpaired) electrons. The van der Waals surface area contributed by atoms with E-state index in [4.69, 9.17) is 14.2 Å². The van der Waals surface area contributed by atoms with Crippen LogP contribution in [0.1, 0.15) is 0 Å². The summed E-state index contributed by atoms with van der Waals surface area (Å²) < 4.78 is 15.8. The molecule has 1 atom stereocenters. The number of hydrogen-bond donors (Lipinski definition) is 2. The molecule has 1 aliphatic heterocycles. The van der Waals surface area contributed by atoms with Crippen molar-refractivity contribution in [2.45, 2.75) is 6.10 Å². The molecule has 0 aliphatic carbocycles. The lowest BCUT2D eigenvalue weighted by molar-refractivity contribution is -0.133. The van der Waals surface area contributed by atoms with E-state index < -0.39 is 17.9 Å². The van der Waals surface area contributed by atoms with Crippen molar-refractivity contribution in [2.24, 2.45) is 0 Å². The van der Waals surface area contributed by atoms with Crippen molar-refractivity contribution < 1.29 is 23.8 Å². The number of carbonyl (C=O) groups is 2. The minimum atomic E-state index is -1.30. The molecule has 7 nitrogen and oxygen atoms in total. The van der Waals surface area contributed by atoms with E-state index in [0.717, 1.165) is 0 Å². The third kappa shape index (κ3) is 2.96. The number of amides is 2. The normalized spacial score (nSPS) is 15.6. The number of nitrogens with one attached hydrogen (secondary N) is 2. The largest absolute Gasteiger partial charge is 0.497 e. The van der Waals surface area contributed by atoms with Crippen molar-refractivity contribution in [2.75, 3.05) is 24.9 Å². The van der Waals surface area contributed by atoms with Crippen molar-refractivity contribution in [3.63, 3.8) is 0 Å². The van der Waals surface area contributed by atoms with Gasteiger partial charge in [0.15, 0.2) is 0 Å². The van der Waals surface area contributed by atoms with E-state index in [-0.39, 0.29) is 0 Å². The van der Waals surface area contributed by atoms with Crippen molar-refractivity contribution in [1.29, 1.82) is 0 Å². The first kappa shape index (κ1) is 15.7. The van der Waals surface area contributed by atoms with Crippen LogP contribution < -0.4 is 24.8 Å². The number of methoxy groups -OCH3 is 2. The van der Waals surface area contributed by atoms with Crippen LogP contribution in [0.2, 0.25) is 0 Å². The van der Waals surface area contributed by atoms with Crippen LogP contribution in [0.15, 0.2) is 42.5 Å². The second-order valence-electron chi connectivity index (χ2n) is 5.04. The molecular weight excluding hydrogens is 312 g/mol. The van der Waals surface area contributed by atoms with E-state index in [1.54, 1.807) is 42.5 Å². The summed E-state index contributed by atoms with van der Waals surface area (Å²) in [5.41, 5.74) is 0.919. The van der Waals surface area contributed by atoms with Gasteiger partial charge in [0.2, 0.25) is 0 Å². The molecule has 0 bridgehead atoms. The Morgan fingerprint density at radius 3 is 2.71 bits per heavy atom. The fourth-order valence-electron chi connectivity index (χ4n) is 2.33. The molecule has 7 heteroatoms. The summed E-state index contributed by atoms with van der Waals surface area (Å²) >= 11 is 0. The molecule has 0 fully saturated rings. The van der Waals surface area contributed by atoms with Crippen LogP contribution >= 0.6 is 0 Å². The highest BCUT2D eigenvalue weighted by atomic mass is 16.5. The number of fused-ring (bicyclic) bond motifs is 1. The van der Waals surface area contributed by atoms with Gasteiger partial charge in [0.25, 0.3) is 17.9 Å². The minimum absolute atomic E-state index is 0.386. The maximum atomic E-state index is 12.5. The molecule has 0 unspecified atom stereocenters. The number of rotatable bonds is 4. The zero-order valence-electron chi connectivity index (χ0n) is 13.2. The fraction of sp³-hybridized carbons (Fsp3) is 0.176. The summed E-state index contributed by atoms with van der Waals surface area (Å²) in [6.07, 6.45) is -1.30. The lowest BCUT2D eigenvalue weighted by Crippen LogP contribution is -2.45. The zero-order chi connectivity index (χ0) is 17.1. The quantitative estimate of drug-likeness (QED) is 0.839. The smallest absolute Gasteiger partial charge is 0.275 e. The Hall–Kier alpha value is -3.22. The molecule has 24 heavy (non-hydrogen) atoms. The van der Waals surface area contributed by atoms with Gasteiger partial charge in [0, 0.05) is 6.07 Å². The van der Waals surface area contributed by atoms with Crippen LogP contribution in [0.4, 0.5) is 11.4 Å². The van der Waals surface area contributed by atoms with Gasteiger partial charge in [-0.2, -0.15) is 0 Å². The van der Waals surface area contributed by atoms with E-state index in [0.29, 0.717) is 28.6 Å². The molecule has 2 amide bonds. The molecular formula is C17H16N2O5. The van der Waals surface area contributed by atoms with E-state index in [2.05, 4.69) is 10.6 Å². The summed E-state index contributed by atoms with van der Waals surface area (Å²) in [5.74, 6) is 0.294. The van der Waals surface area contributed by atoms with Crippen molar-refractivity contribution in [1.82, 2.24) is 0 Å². The Labute approximate surface area is 138 Å². The van der Waals surface area contributed by atoms with Gasteiger partial charge < -0.3 is 24.8 Å². The predicted molar refractivity (Wildman–Crippen MR) is 87.7 cm³/mol. The third-order valence-corrected chi connectivity index (χ3v) is 3.53. The van der Waals surface area contributed by atoms with Crippen molar-refractivity contribution in [3.8, 4) is 17.2 Å². The van der Waals surface area contributed by atoms with Crippen molar-refractivity contribution >= 4 is 23.2 Å². The van der Waals surface area contributed by atoms with E-state index in [1.165, 1.54) is 14.2 Å². The first-order valence-corrected chi connectivity index (χ1v) is 7.22. The van der Waals surface area contributed by atoms with Crippen LogP contribution in [-0.4, -0.2) is 32.1 Å². The van der Waals surface area contributed by atoms with Gasteiger partial charge in [-0.05, 0) is 24.3 Å². The Morgan fingerprint density at radius 1 is 1.17 bits per heavy atom. The van der Waals surface area contributed by atoms with E-state index in [1.807, 2.05) is 0 Å². The standard InChI is InChI=1S/C17H16N2O5/c1-22-10-7-8-13(23-2)12(9-10)19-17(21)15-16(20)18-11-5-3-4-6-14(11)24-15/h3-9,15H,1-2H3,(H,18,20)(H,19,21)/t15-/m0/s1. The van der Waals surface area contributed by atoms with E-state index >= 15 is 0 Å². The number of benzene rings is 2. The summed E-state index contributed by atoms with van der Waals surface area (Å²) in [7, 11) is 3.00. The number of hydrogen-bond acceptors (Lipinski definition) is 5. The zero-order valence-corrected chi connectivity index (χ0v) is 13.2. The first-order chi connectivity index (χ1) is 11.6. The Kier molecular flexibility index (Phi) is 4.24. The highest BCUT2D eigenvalue weighted by Gasteiger charge is 2.34. The second-order valence-corrected chi connectivity index (χ2v) is 5.04. The summed E-state index contributed by atoms with van der Waals surface area (Å²) in [6.45, 7) is 0. The second kappa shape index (κ2) is 6.49. The molecule has 1 heterocycles. The summed E-state index contributed by atoms with van der Waals surface area (Å²) in [5, 5.41) is 5.28. The number of para-hydroxylation sites is 2. The maximum Gasteiger partial charge on any atom is 0.275 e. The average molecular weight is 328 g/mol. The minimum Gasteiger partial charge on any atom is -0.497 e. The van der Waals surface area contributed by atoms with Crippen LogP contribution in [0.3, 0.4) is 0 Å². The first-order valence-electron chi connectivity index (χ1n) is 7.22. The maximum absolute atomic E-state index is 12.5. The van der Waals surface area contributed by atoms with E-state index in [9.17, 15) is 9.59 Å². The van der Waals surface area contributed by atoms with Crippen LogP contribution in [0.25, 0.3) is 0 Å². The molecule has 0 aromatic heterocycles. The lowest BCUT2D eigenvalue weighted by atomic mass is 10.2. The van der Waals surface area contributed by atoms with Crippen LogP contribution in [0, 0.1) is 0 Å². The molecule has 3 rings (SSSR count). The summed E-state index contributed by atoms with van der Waals surface area (Å²) in [4.78, 5) is 24.6. The highest BCUT2D eigenvalue weighted by Crippen LogP contribution is 2.31. The number of carbonyl (C=O) groups excluding carboxylic acids is 2. The fourth-order valence-corrected chi connectivity index (χ4v) is 2.33. The van der Waals surface area contributed by atoms with Gasteiger partial charge in [0.1, 0.15) is 17.2 Å².